The van der Waals surface area contributed by atoms with E-state index in [1.54, 1.807) is 36.4 Å². The number of nitrogens with zero attached hydrogens (tertiary/aromatic N) is 1. The molecule has 0 aliphatic rings. The average molecular weight is 432 g/mol. The number of alkyl halides is 2. The van der Waals surface area contributed by atoms with Crippen LogP contribution in [0.25, 0.3) is 0 Å². The molecule has 1 amide bonds. The van der Waals surface area contributed by atoms with E-state index in [1.807, 2.05) is 0 Å². The van der Waals surface area contributed by atoms with Crippen molar-refractivity contribution in [3.8, 4) is 5.75 Å². The topological polar surface area (TPSA) is 75.7 Å². The number of carbonyl (C=O) groups excluding carboxylic acids is 1. The van der Waals surface area contributed by atoms with Crippen LogP contribution < -0.4 is 14.4 Å². The number of amides is 1. The van der Waals surface area contributed by atoms with Crippen LogP contribution in [0.5, 0.6) is 5.75 Å². The van der Waals surface area contributed by atoms with Crippen LogP contribution >= 0.6 is 0 Å². The van der Waals surface area contributed by atoms with Crippen molar-refractivity contribution in [1.82, 2.24) is 0 Å². The summed E-state index contributed by atoms with van der Waals surface area (Å²) < 4.78 is 56.1. The van der Waals surface area contributed by atoms with Crippen LogP contribution in [-0.4, -0.2) is 28.0 Å². The molecule has 0 heterocycles. The molecule has 3 rings (SSSR count). The molecule has 3 aromatic carbocycles. The summed E-state index contributed by atoms with van der Waals surface area (Å²) in [6.45, 7) is -3.03. The van der Waals surface area contributed by atoms with Gasteiger partial charge in [-0.1, -0.05) is 30.3 Å². The number of para-hydroxylation sites is 3. The van der Waals surface area contributed by atoms with Crippen LogP contribution in [0.15, 0.2) is 83.8 Å². The standard InChI is InChI=1S/C21H18F2N2O4S/c1-25(16-7-3-2-4-8-16)30(27,28)17-13-11-15(12-14-17)20(26)24-18-9-5-6-10-19(18)29-21(22)23/h2-14,21H,1H3,(H,24,26). The quantitative estimate of drug-likeness (QED) is 0.602. The van der Waals surface area contributed by atoms with Gasteiger partial charge in [0.05, 0.1) is 16.3 Å². The smallest absolute Gasteiger partial charge is 0.387 e. The van der Waals surface area contributed by atoms with Gasteiger partial charge in [-0.3, -0.25) is 9.10 Å². The van der Waals surface area contributed by atoms with Crippen molar-refractivity contribution in [3.05, 3.63) is 84.4 Å². The Morgan fingerprint density at radius 1 is 0.933 bits per heavy atom. The molecule has 0 bridgehead atoms. The van der Waals surface area contributed by atoms with Crippen molar-refractivity contribution in [3.63, 3.8) is 0 Å². The van der Waals surface area contributed by atoms with E-state index in [4.69, 9.17) is 0 Å². The fourth-order valence-electron chi connectivity index (χ4n) is 2.68. The summed E-state index contributed by atoms with van der Waals surface area (Å²) in [7, 11) is -2.38. The normalized spacial score (nSPS) is 11.2. The zero-order valence-corrected chi connectivity index (χ0v) is 16.6. The van der Waals surface area contributed by atoms with Crippen molar-refractivity contribution in [2.75, 3.05) is 16.7 Å². The number of hydrogen-bond acceptors (Lipinski definition) is 4. The third-order valence-electron chi connectivity index (χ3n) is 4.25. The highest BCUT2D eigenvalue weighted by molar-refractivity contribution is 7.92. The van der Waals surface area contributed by atoms with E-state index >= 15 is 0 Å². The highest BCUT2D eigenvalue weighted by Crippen LogP contribution is 2.26. The summed E-state index contributed by atoms with van der Waals surface area (Å²) in [5.41, 5.74) is 0.724. The third-order valence-corrected chi connectivity index (χ3v) is 6.05. The van der Waals surface area contributed by atoms with Crippen LogP contribution in [0.1, 0.15) is 10.4 Å². The first-order chi connectivity index (χ1) is 14.3. The number of anilines is 2. The Labute approximate surface area is 172 Å². The summed E-state index contributed by atoms with van der Waals surface area (Å²) in [4.78, 5) is 12.5. The van der Waals surface area contributed by atoms with E-state index in [9.17, 15) is 22.0 Å². The lowest BCUT2D eigenvalue weighted by Gasteiger charge is -2.19. The van der Waals surface area contributed by atoms with Gasteiger partial charge in [-0.25, -0.2) is 8.42 Å². The van der Waals surface area contributed by atoms with Crippen LogP contribution in [0.4, 0.5) is 20.2 Å². The van der Waals surface area contributed by atoms with Gasteiger partial charge in [0.2, 0.25) is 0 Å². The Balaban J connectivity index is 1.78. The molecule has 0 aliphatic heterocycles. The van der Waals surface area contributed by atoms with Crippen LogP contribution in [-0.2, 0) is 10.0 Å². The van der Waals surface area contributed by atoms with Gasteiger partial charge in [-0.15, -0.1) is 0 Å². The molecule has 0 unspecified atom stereocenters. The van der Waals surface area contributed by atoms with Gasteiger partial charge in [0.1, 0.15) is 5.75 Å². The Hall–Kier alpha value is -3.46. The molecule has 0 saturated heterocycles. The zero-order valence-electron chi connectivity index (χ0n) is 15.8. The van der Waals surface area contributed by atoms with Gasteiger partial charge in [-0.05, 0) is 48.5 Å². The number of carbonyl (C=O) groups is 1. The number of hydrogen-bond donors (Lipinski definition) is 1. The molecule has 156 valence electrons. The molecule has 0 saturated carbocycles. The van der Waals surface area contributed by atoms with E-state index in [0.29, 0.717) is 5.69 Å². The highest BCUT2D eigenvalue weighted by atomic mass is 32.2. The average Bonchev–Trinajstić information content (AvgIpc) is 2.75. The van der Waals surface area contributed by atoms with Crippen molar-refractivity contribution in [2.24, 2.45) is 0 Å². The molecular weight excluding hydrogens is 414 g/mol. The van der Waals surface area contributed by atoms with Crippen molar-refractivity contribution in [1.29, 1.82) is 0 Å². The molecule has 0 fully saturated rings. The maximum Gasteiger partial charge on any atom is 0.387 e. The van der Waals surface area contributed by atoms with Crippen molar-refractivity contribution in [2.45, 2.75) is 11.5 Å². The first-order valence-electron chi connectivity index (χ1n) is 8.78. The molecule has 0 spiro atoms. The number of halogens is 2. The van der Waals surface area contributed by atoms with Crippen LogP contribution in [0.3, 0.4) is 0 Å². The maximum absolute atomic E-state index is 12.8. The number of ether oxygens (including phenoxy) is 1. The minimum atomic E-state index is -3.82. The largest absolute Gasteiger partial charge is 0.433 e. The first-order valence-corrected chi connectivity index (χ1v) is 10.2. The molecule has 6 nitrogen and oxygen atoms in total. The molecule has 0 aliphatic carbocycles. The minimum Gasteiger partial charge on any atom is -0.433 e. The van der Waals surface area contributed by atoms with E-state index in [-0.39, 0.29) is 21.9 Å². The van der Waals surface area contributed by atoms with E-state index in [1.165, 1.54) is 49.5 Å². The van der Waals surface area contributed by atoms with Crippen molar-refractivity contribution < 1.29 is 26.7 Å². The summed E-state index contributed by atoms with van der Waals surface area (Å²) in [5, 5.41) is 2.48. The Morgan fingerprint density at radius 2 is 1.53 bits per heavy atom. The first kappa shape index (κ1) is 21.3. The monoisotopic (exact) mass is 432 g/mol. The second-order valence-electron chi connectivity index (χ2n) is 6.16. The van der Waals surface area contributed by atoms with Gasteiger partial charge >= 0.3 is 6.61 Å². The molecule has 0 aromatic heterocycles. The molecule has 1 N–H and O–H groups in total. The van der Waals surface area contributed by atoms with E-state index < -0.39 is 22.5 Å². The SMILES string of the molecule is CN(c1ccccc1)S(=O)(=O)c1ccc(C(=O)Nc2ccccc2OC(F)F)cc1. The summed E-state index contributed by atoms with van der Waals surface area (Å²) >= 11 is 0. The molecule has 30 heavy (non-hydrogen) atoms. The third kappa shape index (κ3) is 4.74. The predicted molar refractivity (Wildman–Crippen MR) is 110 cm³/mol. The number of sulfonamides is 1. The Morgan fingerprint density at radius 3 is 2.17 bits per heavy atom. The summed E-state index contributed by atoms with van der Waals surface area (Å²) in [6, 6.07) is 19.7. The number of benzene rings is 3. The van der Waals surface area contributed by atoms with E-state index in [0.717, 1.165) is 4.31 Å². The van der Waals surface area contributed by atoms with Gasteiger partial charge in [-0.2, -0.15) is 8.78 Å². The summed E-state index contributed by atoms with van der Waals surface area (Å²) in [5.74, 6) is -0.773. The molecule has 3 aromatic rings. The van der Waals surface area contributed by atoms with Gasteiger partial charge in [0, 0.05) is 12.6 Å². The van der Waals surface area contributed by atoms with Crippen molar-refractivity contribution >= 4 is 27.3 Å². The zero-order chi connectivity index (χ0) is 21.7. The van der Waals surface area contributed by atoms with E-state index in [2.05, 4.69) is 10.1 Å². The fourth-order valence-corrected chi connectivity index (χ4v) is 3.87. The highest BCUT2D eigenvalue weighted by Gasteiger charge is 2.21. The predicted octanol–water partition coefficient (Wildman–Crippen LogP) is 4.37. The van der Waals surface area contributed by atoms with Crippen LogP contribution in [0, 0.1) is 0 Å². The molecular formula is C21H18F2N2O4S. The number of rotatable bonds is 7. The maximum atomic E-state index is 12.8. The summed E-state index contributed by atoms with van der Waals surface area (Å²) in [6.07, 6.45) is 0. The lowest BCUT2D eigenvalue weighted by molar-refractivity contribution is -0.0493. The second kappa shape index (κ2) is 8.91. The molecule has 0 radical (unpaired) electrons. The van der Waals surface area contributed by atoms with Gasteiger partial charge in [0.15, 0.2) is 0 Å². The van der Waals surface area contributed by atoms with Gasteiger partial charge < -0.3 is 10.1 Å². The van der Waals surface area contributed by atoms with Crippen LogP contribution in [0.2, 0.25) is 0 Å². The van der Waals surface area contributed by atoms with Gasteiger partial charge in [0.25, 0.3) is 15.9 Å². The minimum absolute atomic E-state index is 0.00633. The lowest BCUT2D eigenvalue weighted by Crippen LogP contribution is -2.26. The molecule has 0 atom stereocenters. The molecule has 9 heteroatoms. The second-order valence-corrected chi connectivity index (χ2v) is 8.13. The lowest BCUT2D eigenvalue weighted by atomic mass is 10.2. The fraction of sp³-hybridized carbons (Fsp3) is 0.0952. The number of nitrogens with one attached hydrogen (secondary N) is 1. The Bertz CT molecular complexity index is 1120. The Kier molecular flexibility index (Phi) is 6.31.